The minimum absolute atomic E-state index is 0.129. The van der Waals surface area contributed by atoms with E-state index in [2.05, 4.69) is 13.8 Å². The van der Waals surface area contributed by atoms with Crippen LogP contribution in [0.15, 0.2) is 0 Å². The van der Waals surface area contributed by atoms with Gasteiger partial charge in [-0.05, 0) is 31.6 Å². The van der Waals surface area contributed by atoms with Gasteiger partial charge in [0.1, 0.15) is 0 Å². The Bertz CT molecular complexity index is 228. The standard InChI is InChI=1S/C12H24N2O/c1-8(2)11(13)12(15)14-7-5-6-9(3)10(14)4/h8-11H,5-7,13H2,1-4H3/t9?,10?,11-/m0/s1. The van der Waals surface area contributed by atoms with Crippen LogP contribution in [-0.2, 0) is 4.79 Å². The summed E-state index contributed by atoms with van der Waals surface area (Å²) in [5, 5.41) is 0. The van der Waals surface area contributed by atoms with Crippen molar-refractivity contribution in [3.05, 3.63) is 0 Å². The molecule has 88 valence electrons. The molecule has 15 heavy (non-hydrogen) atoms. The zero-order valence-electron chi connectivity index (χ0n) is 10.4. The van der Waals surface area contributed by atoms with Crippen LogP contribution in [0.1, 0.15) is 40.5 Å². The summed E-state index contributed by atoms with van der Waals surface area (Å²) in [4.78, 5) is 14.1. The molecule has 1 fully saturated rings. The highest BCUT2D eigenvalue weighted by atomic mass is 16.2. The van der Waals surface area contributed by atoms with Crippen molar-refractivity contribution in [3.8, 4) is 0 Å². The molecular formula is C12H24N2O. The summed E-state index contributed by atoms with van der Waals surface area (Å²) < 4.78 is 0. The zero-order chi connectivity index (χ0) is 11.6. The number of hydrogen-bond acceptors (Lipinski definition) is 2. The lowest BCUT2D eigenvalue weighted by Gasteiger charge is -2.39. The van der Waals surface area contributed by atoms with Gasteiger partial charge in [-0.1, -0.05) is 20.8 Å². The SMILES string of the molecule is CC1CCCN(C(=O)[C@@H](N)C(C)C)C1C. The number of hydrogen-bond donors (Lipinski definition) is 1. The summed E-state index contributed by atoms with van der Waals surface area (Å²) in [6, 6.07) is 0.00815. The lowest BCUT2D eigenvalue weighted by molar-refractivity contribution is -0.138. The number of likely N-dealkylation sites (tertiary alicyclic amines) is 1. The van der Waals surface area contributed by atoms with Crippen molar-refractivity contribution in [3.63, 3.8) is 0 Å². The minimum Gasteiger partial charge on any atom is -0.338 e. The quantitative estimate of drug-likeness (QED) is 0.756. The fraction of sp³-hybridized carbons (Fsp3) is 0.917. The Hall–Kier alpha value is -0.570. The van der Waals surface area contributed by atoms with Crippen molar-refractivity contribution in [1.29, 1.82) is 0 Å². The molecule has 0 aliphatic carbocycles. The second-order valence-electron chi connectivity index (χ2n) is 5.16. The highest BCUT2D eigenvalue weighted by molar-refractivity contribution is 5.82. The zero-order valence-corrected chi connectivity index (χ0v) is 10.4. The Balaban J connectivity index is 2.66. The molecule has 0 saturated carbocycles. The van der Waals surface area contributed by atoms with Gasteiger partial charge < -0.3 is 10.6 Å². The predicted octanol–water partition coefficient (Wildman–Crippen LogP) is 1.62. The average molecular weight is 212 g/mol. The molecular weight excluding hydrogens is 188 g/mol. The highest BCUT2D eigenvalue weighted by Crippen LogP contribution is 2.23. The van der Waals surface area contributed by atoms with Crippen LogP contribution in [-0.4, -0.2) is 29.4 Å². The van der Waals surface area contributed by atoms with Crippen LogP contribution in [0.4, 0.5) is 0 Å². The van der Waals surface area contributed by atoms with E-state index in [1.54, 1.807) is 0 Å². The second-order valence-corrected chi connectivity index (χ2v) is 5.16. The third-order valence-electron chi connectivity index (χ3n) is 3.66. The maximum absolute atomic E-state index is 12.1. The van der Waals surface area contributed by atoms with Gasteiger partial charge in [-0.3, -0.25) is 4.79 Å². The molecule has 1 aliphatic rings. The first-order chi connectivity index (χ1) is 6.95. The van der Waals surface area contributed by atoms with Crippen molar-refractivity contribution in [2.45, 2.75) is 52.6 Å². The van der Waals surface area contributed by atoms with Crippen LogP contribution >= 0.6 is 0 Å². The monoisotopic (exact) mass is 212 g/mol. The van der Waals surface area contributed by atoms with E-state index in [4.69, 9.17) is 5.73 Å². The second kappa shape index (κ2) is 4.97. The van der Waals surface area contributed by atoms with Crippen LogP contribution in [0.25, 0.3) is 0 Å². The molecule has 0 aromatic rings. The predicted molar refractivity (Wildman–Crippen MR) is 62.4 cm³/mol. The van der Waals surface area contributed by atoms with Gasteiger partial charge in [0, 0.05) is 12.6 Å². The van der Waals surface area contributed by atoms with Crippen LogP contribution < -0.4 is 5.73 Å². The molecule has 0 spiro atoms. The van der Waals surface area contributed by atoms with Crippen LogP contribution in [0.2, 0.25) is 0 Å². The number of carbonyl (C=O) groups excluding carboxylic acids is 1. The van der Waals surface area contributed by atoms with Gasteiger partial charge >= 0.3 is 0 Å². The van der Waals surface area contributed by atoms with E-state index in [0.717, 1.165) is 13.0 Å². The fourth-order valence-electron chi connectivity index (χ4n) is 2.12. The Labute approximate surface area is 93.0 Å². The van der Waals surface area contributed by atoms with E-state index < -0.39 is 0 Å². The van der Waals surface area contributed by atoms with Crippen molar-refractivity contribution >= 4 is 5.91 Å². The molecule has 1 saturated heterocycles. The first-order valence-corrected chi connectivity index (χ1v) is 6.01. The van der Waals surface area contributed by atoms with E-state index in [-0.39, 0.29) is 17.9 Å². The van der Waals surface area contributed by atoms with Gasteiger partial charge in [0.15, 0.2) is 0 Å². The molecule has 2 unspecified atom stereocenters. The van der Waals surface area contributed by atoms with Crippen molar-refractivity contribution in [1.82, 2.24) is 4.90 Å². The first kappa shape index (κ1) is 12.5. The summed E-state index contributed by atoms with van der Waals surface area (Å²) in [6.07, 6.45) is 2.34. The number of amides is 1. The van der Waals surface area contributed by atoms with Crippen molar-refractivity contribution in [2.24, 2.45) is 17.6 Å². The van der Waals surface area contributed by atoms with E-state index in [9.17, 15) is 4.79 Å². The smallest absolute Gasteiger partial charge is 0.239 e. The maximum Gasteiger partial charge on any atom is 0.239 e. The molecule has 3 atom stereocenters. The molecule has 0 bridgehead atoms. The first-order valence-electron chi connectivity index (χ1n) is 6.01. The van der Waals surface area contributed by atoms with Gasteiger partial charge in [0.05, 0.1) is 6.04 Å². The molecule has 1 amide bonds. The van der Waals surface area contributed by atoms with Gasteiger partial charge in [0.25, 0.3) is 0 Å². The van der Waals surface area contributed by atoms with E-state index in [1.807, 2.05) is 18.7 Å². The maximum atomic E-state index is 12.1. The molecule has 1 aliphatic heterocycles. The largest absolute Gasteiger partial charge is 0.338 e. The normalized spacial score (nSPS) is 29.3. The molecule has 0 radical (unpaired) electrons. The summed E-state index contributed by atoms with van der Waals surface area (Å²) in [7, 11) is 0. The van der Waals surface area contributed by atoms with Crippen LogP contribution in [0.5, 0.6) is 0 Å². The topological polar surface area (TPSA) is 46.3 Å². The van der Waals surface area contributed by atoms with Gasteiger partial charge in [-0.25, -0.2) is 0 Å². The average Bonchev–Trinajstić information content (AvgIpc) is 2.20. The van der Waals surface area contributed by atoms with Crippen molar-refractivity contribution in [2.75, 3.05) is 6.54 Å². The van der Waals surface area contributed by atoms with Crippen LogP contribution in [0, 0.1) is 11.8 Å². The minimum atomic E-state index is -0.335. The third kappa shape index (κ3) is 2.71. The van der Waals surface area contributed by atoms with E-state index >= 15 is 0 Å². The molecule has 0 aromatic heterocycles. The molecule has 0 aromatic carbocycles. The molecule has 1 rings (SSSR count). The van der Waals surface area contributed by atoms with E-state index in [1.165, 1.54) is 6.42 Å². The summed E-state index contributed by atoms with van der Waals surface area (Å²) in [6.45, 7) is 9.23. The number of rotatable bonds is 2. The summed E-state index contributed by atoms with van der Waals surface area (Å²) >= 11 is 0. The molecule has 1 heterocycles. The van der Waals surface area contributed by atoms with Gasteiger partial charge in [0.2, 0.25) is 5.91 Å². The summed E-state index contributed by atoms with van der Waals surface area (Å²) in [5.41, 5.74) is 5.91. The Morgan fingerprint density at radius 1 is 1.40 bits per heavy atom. The number of nitrogens with two attached hydrogens (primary N) is 1. The van der Waals surface area contributed by atoms with E-state index in [0.29, 0.717) is 12.0 Å². The Morgan fingerprint density at radius 3 is 2.53 bits per heavy atom. The lowest BCUT2D eigenvalue weighted by Crippen LogP contribution is -2.53. The Kier molecular flexibility index (Phi) is 4.14. The molecule has 3 nitrogen and oxygen atoms in total. The summed E-state index contributed by atoms with van der Waals surface area (Å²) in [5.74, 6) is 0.952. The lowest BCUT2D eigenvalue weighted by atomic mass is 9.90. The molecule has 3 heteroatoms. The fourth-order valence-corrected chi connectivity index (χ4v) is 2.12. The number of carbonyl (C=O) groups is 1. The van der Waals surface area contributed by atoms with Gasteiger partial charge in [-0.2, -0.15) is 0 Å². The number of piperidine rings is 1. The molecule has 2 N–H and O–H groups in total. The van der Waals surface area contributed by atoms with Crippen LogP contribution in [0.3, 0.4) is 0 Å². The highest BCUT2D eigenvalue weighted by Gasteiger charge is 2.31. The van der Waals surface area contributed by atoms with Gasteiger partial charge in [-0.15, -0.1) is 0 Å². The van der Waals surface area contributed by atoms with Crippen molar-refractivity contribution < 1.29 is 4.79 Å². The third-order valence-corrected chi connectivity index (χ3v) is 3.66. The number of nitrogens with zero attached hydrogens (tertiary/aromatic N) is 1. The Morgan fingerprint density at radius 2 is 2.00 bits per heavy atom.